The van der Waals surface area contributed by atoms with Crippen molar-refractivity contribution in [1.82, 2.24) is 4.90 Å². The van der Waals surface area contributed by atoms with Crippen LogP contribution in [0.15, 0.2) is 41.8 Å². The van der Waals surface area contributed by atoms with E-state index < -0.39 is 5.97 Å². The van der Waals surface area contributed by atoms with Gasteiger partial charge in [-0.25, -0.2) is 0 Å². The number of carboxylic acids is 1. The average Bonchev–Trinajstić information content (AvgIpc) is 3.03. The molecule has 0 bridgehead atoms. The van der Waals surface area contributed by atoms with Gasteiger partial charge >= 0.3 is 5.97 Å². The van der Waals surface area contributed by atoms with Crippen LogP contribution in [-0.4, -0.2) is 45.2 Å². The maximum absolute atomic E-state index is 12.9. The van der Waals surface area contributed by atoms with Crippen LogP contribution in [0, 0.1) is 0 Å². The Kier molecular flexibility index (Phi) is 5.24. The molecule has 26 heavy (non-hydrogen) atoms. The maximum Gasteiger partial charge on any atom is 0.303 e. The number of carbonyl (C=O) groups is 3. The van der Waals surface area contributed by atoms with Gasteiger partial charge in [0.05, 0.1) is 16.2 Å². The van der Waals surface area contributed by atoms with E-state index in [0.717, 1.165) is 17.4 Å². The minimum atomic E-state index is -0.922. The third-order valence-electron chi connectivity index (χ3n) is 4.08. The first kappa shape index (κ1) is 18.3. The predicted molar refractivity (Wildman–Crippen MR) is 105 cm³/mol. The van der Waals surface area contributed by atoms with Crippen LogP contribution in [0.2, 0.25) is 0 Å². The standard InChI is InChI=1S/C18H16N2O4S2/c1-2-9-19-12-7-4-3-6-11(12)14(16(19)23)15-17(24)20(18(25)26-15)10-5-8-13(21)22/h2-4,6-7H,1,5,8-10H2,(H,21,22)/b15-14-. The van der Waals surface area contributed by atoms with Crippen molar-refractivity contribution in [2.24, 2.45) is 0 Å². The molecule has 1 aromatic carbocycles. The van der Waals surface area contributed by atoms with E-state index in [-0.39, 0.29) is 24.8 Å². The lowest BCUT2D eigenvalue weighted by molar-refractivity contribution is -0.137. The topological polar surface area (TPSA) is 77.9 Å². The van der Waals surface area contributed by atoms with Crippen molar-refractivity contribution in [1.29, 1.82) is 0 Å². The van der Waals surface area contributed by atoms with Crippen molar-refractivity contribution in [3.63, 3.8) is 0 Å². The molecule has 1 aromatic rings. The molecular weight excluding hydrogens is 372 g/mol. The lowest BCUT2D eigenvalue weighted by Crippen LogP contribution is -2.30. The molecule has 0 aliphatic carbocycles. The van der Waals surface area contributed by atoms with Crippen molar-refractivity contribution in [3.05, 3.63) is 47.4 Å². The van der Waals surface area contributed by atoms with E-state index in [1.807, 2.05) is 24.3 Å². The Labute approximate surface area is 160 Å². The molecule has 0 radical (unpaired) electrons. The summed E-state index contributed by atoms with van der Waals surface area (Å²) in [4.78, 5) is 39.7. The van der Waals surface area contributed by atoms with E-state index in [4.69, 9.17) is 17.3 Å². The molecule has 0 saturated carbocycles. The second kappa shape index (κ2) is 7.43. The Balaban J connectivity index is 1.96. The van der Waals surface area contributed by atoms with E-state index in [1.165, 1.54) is 4.90 Å². The van der Waals surface area contributed by atoms with Gasteiger partial charge in [0.2, 0.25) is 0 Å². The molecule has 134 valence electrons. The third-order valence-corrected chi connectivity index (χ3v) is 5.53. The fourth-order valence-corrected chi connectivity index (χ4v) is 4.32. The highest BCUT2D eigenvalue weighted by atomic mass is 32.2. The zero-order valence-corrected chi connectivity index (χ0v) is 15.4. The summed E-state index contributed by atoms with van der Waals surface area (Å²) >= 11 is 6.36. The van der Waals surface area contributed by atoms with Crippen molar-refractivity contribution in [2.45, 2.75) is 12.8 Å². The van der Waals surface area contributed by atoms with Crippen molar-refractivity contribution in [2.75, 3.05) is 18.0 Å². The largest absolute Gasteiger partial charge is 0.481 e. The number of thioether (sulfide) groups is 1. The summed E-state index contributed by atoms with van der Waals surface area (Å²) in [7, 11) is 0. The zero-order valence-electron chi connectivity index (χ0n) is 13.8. The summed E-state index contributed by atoms with van der Waals surface area (Å²) in [5, 5.41) is 8.76. The molecule has 1 N–H and O–H groups in total. The molecule has 0 aromatic heterocycles. The highest BCUT2D eigenvalue weighted by Gasteiger charge is 2.41. The number of carboxylic acid groups (broad SMARTS) is 1. The van der Waals surface area contributed by atoms with Crippen LogP contribution >= 0.6 is 24.0 Å². The summed E-state index contributed by atoms with van der Waals surface area (Å²) in [5.74, 6) is -1.52. The fourth-order valence-electron chi connectivity index (χ4n) is 2.94. The van der Waals surface area contributed by atoms with Crippen molar-refractivity contribution < 1.29 is 19.5 Å². The number of para-hydroxylation sites is 1. The molecule has 3 rings (SSSR count). The molecule has 0 spiro atoms. The van der Waals surface area contributed by atoms with E-state index in [2.05, 4.69) is 6.58 Å². The Morgan fingerprint density at radius 3 is 2.65 bits per heavy atom. The SMILES string of the molecule is C=CCN1C(=O)/C(=C2\SC(=S)N(CCCC(=O)O)C2=O)c2ccccc21. The fraction of sp³-hybridized carbons (Fsp3) is 0.222. The van der Waals surface area contributed by atoms with Crippen LogP contribution in [0.1, 0.15) is 18.4 Å². The second-order valence-corrected chi connectivity index (χ2v) is 7.39. The molecule has 2 heterocycles. The van der Waals surface area contributed by atoms with Crippen LogP contribution in [0.25, 0.3) is 5.57 Å². The molecule has 2 amide bonds. The van der Waals surface area contributed by atoms with Crippen LogP contribution in [0.4, 0.5) is 5.69 Å². The Morgan fingerprint density at radius 2 is 1.96 bits per heavy atom. The van der Waals surface area contributed by atoms with Gasteiger partial charge in [-0.15, -0.1) is 6.58 Å². The quantitative estimate of drug-likeness (QED) is 0.459. The lowest BCUT2D eigenvalue weighted by Gasteiger charge is -2.14. The Morgan fingerprint density at radius 1 is 1.23 bits per heavy atom. The van der Waals surface area contributed by atoms with E-state index in [9.17, 15) is 14.4 Å². The number of hydrogen-bond acceptors (Lipinski definition) is 5. The first-order chi connectivity index (χ1) is 12.5. The highest BCUT2D eigenvalue weighted by molar-refractivity contribution is 8.26. The first-order valence-corrected chi connectivity index (χ1v) is 9.20. The van der Waals surface area contributed by atoms with E-state index in [1.54, 1.807) is 11.0 Å². The number of amides is 2. The van der Waals surface area contributed by atoms with Gasteiger partial charge in [-0.05, 0) is 12.5 Å². The van der Waals surface area contributed by atoms with Gasteiger partial charge in [0.15, 0.2) is 0 Å². The second-order valence-electron chi connectivity index (χ2n) is 5.75. The molecule has 8 heteroatoms. The number of aliphatic carboxylic acids is 1. The number of anilines is 1. The summed E-state index contributed by atoms with van der Waals surface area (Å²) < 4.78 is 0.343. The lowest BCUT2D eigenvalue weighted by atomic mass is 10.1. The Bertz CT molecular complexity index is 863. The van der Waals surface area contributed by atoms with Crippen LogP contribution in [0.3, 0.4) is 0 Å². The minimum absolute atomic E-state index is 0.0438. The summed E-state index contributed by atoms with van der Waals surface area (Å²) in [6.45, 7) is 4.25. The number of fused-ring (bicyclic) bond motifs is 1. The molecule has 2 aliphatic rings. The normalized spacial score (nSPS) is 19.3. The molecule has 0 unspecified atom stereocenters. The molecule has 6 nitrogen and oxygen atoms in total. The van der Waals surface area contributed by atoms with Gasteiger partial charge in [-0.2, -0.15) is 0 Å². The molecule has 1 fully saturated rings. The number of nitrogens with zero attached hydrogens (tertiary/aromatic N) is 2. The third kappa shape index (κ3) is 3.17. The zero-order chi connectivity index (χ0) is 18.8. The molecule has 1 saturated heterocycles. The molecular formula is C18H16N2O4S2. The molecule has 0 atom stereocenters. The number of hydrogen-bond donors (Lipinski definition) is 1. The summed E-state index contributed by atoms with van der Waals surface area (Å²) in [6, 6.07) is 7.29. The smallest absolute Gasteiger partial charge is 0.303 e. The van der Waals surface area contributed by atoms with Gasteiger partial charge in [-0.3, -0.25) is 19.3 Å². The van der Waals surface area contributed by atoms with Gasteiger partial charge in [-0.1, -0.05) is 48.3 Å². The summed E-state index contributed by atoms with van der Waals surface area (Å²) in [5.41, 5.74) is 1.79. The van der Waals surface area contributed by atoms with Crippen molar-refractivity contribution >= 4 is 57.3 Å². The highest BCUT2D eigenvalue weighted by Crippen LogP contribution is 2.44. The number of rotatable bonds is 6. The number of carbonyl (C=O) groups excluding carboxylic acids is 2. The van der Waals surface area contributed by atoms with Crippen LogP contribution in [0.5, 0.6) is 0 Å². The monoisotopic (exact) mass is 388 g/mol. The number of thiocarbonyl (C=S) groups is 1. The van der Waals surface area contributed by atoms with Gasteiger partial charge in [0.25, 0.3) is 11.8 Å². The van der Waals surface area contributed by atoms with Gasteiger partial charge in [0, 0.05) is 25.1 Å². The summed E-state index contributed by atoms with van der Waals surface area (Å²) in [6.07, 6.45) is 1.89. The molecule has 2 aliphatic heterocycles. The maximum atomic E-state index is 12.9. The predicted octanol–water partition coefficient (Wildman–Crippen LogP) is 2.66. The van der Waals surface area contributed by atoms with Gasteiger partial charge < -0.3 is 10.0 Å². The van der Waals surface area contributed by atoms with E-state index >= 15 is 0 Å². The van der Waals surface area contributed by atoms with Crippen LogP contribution < -0.4 is 4.90 Å². The Hall–Kier alpha value is -2.45. The minimum Gasteiger partial charge on any atom is -0.481 e. The van der Waals surface area contributed by atoms with Crippen molar-refractivity contribution in [3.8, 4) is 0 Å². The van der Waals surface area contributed by atoms with Crippen LogP contribution in [-0.2, 0) is 14.4 Å². The first-order valence-electron chi connectivity index (χ1n) is 7.97. The number of benzene rings is 1. The average molecular weight is 388 g/mol. The van der Waals surface area contributed by atoms with Gasteiger partial charge in [0.1, 0.15) is 4.32 Å². The van der Waals surface area contributed by atoms with E-state index in [0.29, 0.717) is 33.3 Å².